The molecule has 1 aliphatic rings. The Morgan fingerprint density at radius 2 is 1.61 bits per heavy atom. The van der Waals surface area contributed by atoms with Gasteiger partial charge in [-0.15, -0.1) is 0 Å². The molecule has 0 atom stereocenters. The monoisotopic (exact) mass is 440 g/mol. The predicted octanol–water partition coefficient (Wildman–Crippen LogP) is 5.14. The third kappa shape index (κ3) is 4.82. The highest BCUT2D eigenvalue weighted by Crippen LogP contribution is 2.33. The minimum absolute atomic E-state index is 0.267. The largest absolute Gasteiger partial charge is 0.494 e. The maximum atomic E-state index is 13.5. The molecule has 33 heavy (non-hydrogen) atoms. The van der Waals surface area contributed by atoms with Crippen LogP contribution >= 0.6 is 0 Å². The molecule has 0 aliphatic carbocycles. The Morgan fingerprint density at radius 3 is 2.27 bits per heavy atom. The number of hydrogen-bond acceptors (Lipinski definition) is 4. The van der Waals surface area contributed by atoms with Crippen molar-refractivity contribution in [1.29, 1.82) is 0 Å². The van der Waals surface area contributed by atoms with Crippen molar-refractivity contribution in [2.75, 3.05) is 18.5 Å². The van der Waals surface area contributed by atoms with Crippen LogP contribution < -0.4 is 10.1 Å². The topological polar surface area (TPSA) is 58.6 Å². The summed E-state index contributed by atoms with van der Waals surface area (Å²) in [6.45, 7) is 6.81. The van der Waals surface area contributed by atoms with Crippen molar-refractivity contribution in [3.63, 3.8) is 0 Å². The standard InChI is InChI=1S/C28H28N2O3/c1-4-33-23-13-11-22(12-14-23)29-26-25(24-15-10-19(2)18-20(24)3)27(31)30(28(26)32)17-16-21-8-6-5-7-9-21/h5-15,18,29H,4,16-17H2,1-3H3. The number of nitrogens with zero attached hydrogens (tertiary/aromatic N) is 1. The first-order chi connectivity index (χ1) is 16.0. The quantitative estimate of drug-likeness (QED) is 0.493. The Bertz CT molecular complexity index is 1200. The van der Waals surface area contributed by atoms with E-state index >= 15 is 0 Å². The molecule has 168 valence electrons. The van der Waals surface area contributed by atoms with Gasteiger partial charge < -0.3 is 10.1 Å². The fraction of sp³-hybridized carbons (Fsp3) is 0.214. The summed E-state index contributed by atoms with van der Waals surface area (Å²) in [6, 6.07) is 23.2. The van der Waals surface area contributed by atoms with Crippen molar-refractivity contribution in [3.8, 4) is 5.75 Å². The zero-order valence-corrected chi connectivity index (χ0v) is 19.2. The summed E-state index contributed by atoms with van der Waals surface area (Å²) < 4.78 is 5.51. The molecule has 3 aromatic rings. The SMILES string of the molecule is CCOc1ccc(NC2=C(c3ccc(C)cc3C)C(=O)N(CCc3ccccc3)C2=O)cc1. The Morgan fingerprint density at radius 1 is 0.879 bits per heavy atom. The van der Waals surface area contributed by atoms with Crippen LogP contribution in [0.5, 0.6) is 5.75 Å². The van der Waals surface area contributed by atoms with Crippen molar-refractivity contribution in [2.45, 2.75) is 27.2 Å². The molecule has 5 heteroatoms. The van der Waals surface area contributed by atoms with Gasteiger partial charge in [-0.05, 0) is 68.1 Å². The molecule has 0 fully saturated rings. The van der Waals surface area contributed by atoms with Gasteiger partial charge in [-0.3, -0.25) is 14.5 Å². The molecular weight excluding hydrogens is 412 g/mol. The van der Waals surface area contributed by atoms with Gasteiger partial charge in [0.25, 0.3) is 11.8 Å². The van der Waals surface area contributed by atoms with Crippen LogP contribution in [0.25, 0.3) is 5.57 Å². The lowest BCUT2D eigenvalue weighted by Gasteiger charge is -2.15. The van der Waals surface area contributed by atoms with E-state index in [0.717, 1.165) is 33.7 Å². The second-order valence-corrected chi connectivity index (χ2v) is 8.15. The molecule has 4 rings (SSSR count). The number of anilines is 1. The molecule has 0 bridgehead atoms. The van der Waals surface area contributed by atoms with E-state index < -0.39 is 0 Å². The maximum absolute atomic E-state index is 13.5. The number of carbonyl (C=O) groups is 2. The lowest BCUT2D eigenvalue weighted by molar-refractivity contribution is -0.136. The van der Waals surface area contributed by atoms with Crippen LogP contribution in [0, 0.1) is 13.8 Å². The molecule has 0 saturated carbocycles. The summed E-state index contributed by atoms with van der Waals surface area (Å²) in [4.78, 5) is 28.3. The highest BCUT2D eigenvalue weighted by molar-refractivity contribution is 6.36. The molecule has 1 N–H and O–H groups in total. The molecular formula is C28H28N2O3. The number of nitrogens with one attached hydrogen (secondary N) is 1. The first-order valence-corrected chi connectivity index (χ1v) is 11.2. The zero-order valence-electron chi connectivity index (χ0n) is 19.2. The smallest absolute Gasteiger partial charge is 0.278 e. The van der Waals surface area contributed by atoms with Gasteiger partial charge >= 0.3 is 0 Å². The van der Waals surface area contributed by atoms with Crippen molar-refractivity contribution in [1.82, 2.24) is 4.90 Å². The summed E-state index contributed by atoms with van der Waals surface area (Å²) >= 11 is 0. The molecule has 0 spiro atoms. The van der Waals surface area contributed by atoms with Crippen molar-refractivity contribution in [3.05, 3.63) is 101 Å². The van der Waals surface area contributed by atoms with Crippen LogP contribution in [0.15, 0.2) is 78.5 Å². The fourth-order valence-corrected chi connectivity index (χ4v) is 4.07. The average molecular weight is 441 g/mol. The minimum atomic E-state index is -0.306. The van der Waals surface area contributed by atoms with Gasteiger partial charge in [-0.2, -0.15) is 0 Å². The lowest BCUT2D eigenvalue weighted by atomic mass is 9.97. The summed E-state index contributed by atoms with van der Waals surface area (Å²) in [5.41, 5.74) is 5.37. The fourth-order valence-electron chi connectivity index (χ4n) is 4.07. The Balaban J connectivity index is 1.67. The van der Waals surface area contributed by atoms with Crippen molar-refractivity contribution < 1.29 is 14.3 Å². The molecule has 0 saturated heterocycles. The molecule has 1 aliphatic heterocycles. The predicted molar refractivity (Wildman–Crippen MR) is 131 cm³/mol. The van der Waals surface area contributed by atoms with Crippen LogP contribution in [0.4, 0.5) is 5.69 Å². The van der Waals surface area contributed by atoms with Gasteiger partial charge in [0.2, 0.25) is 0 Å². The van der Waals surface area contributed by atoms with E-state index in [9.17, 15) is 9.59 Å². The normalized spacial score (nSPS) is 13.6. The first kappa shape index (κ1) is 22.3. The number of imide groups is 1. The summed E-state index contributed by atoms with van der Waals surface area (Å²) in [5.74, 6) is 0.182. The van der Waals surface area contributed by atoms with Gasteiger partial charge in [0.05, 0.1) is 12.2 Å². The summed E-state index contributed by atoms with van der Waals surface area (Å²) in [6.07, 6.45) is 0.606. The average Bonchev–Trinajstić information content (AvgIpc) is 3.04. The van der Waals surface area contributed by atoms with Crippen LogP contribution in [0.3, 0.4) is 0 Å². The number of ether oxygens (including phenoxy) is 1. The molecule has 3 aromatic carbocycles. The van der Waals surface area contributed by atoms with E-state index in [2.05, 4.69) is 5.32 Å². The van der Waals surface area contributed by atoms with E-state index in [1.54, 1.807) is 0 Å². The third-order valence-corrected chi connectivity index (χ3v) is 5.72. The second kappa shape index (κ2) is 9.74. The van der Waals surface area contributed by atoms with Crippen LogP contribution in [0.1, 0.15) is 29.2 Å². The number of rotatable bonds is 8. The van der Waals surface area contributed by atoms with E-state index in [-0.39, 0.29) is 11.8 Å². The highest BCUT2D eigenvalue weighted by atomic mass is 16.5. The molecule has 0 unspecified atom stereocenters. The van der Waals surface area contributed by atoms with Gasteiger partial charge in [-0.25, -0.2) is 0 Å². The Hall–Kier alpha value is -3.86. The number of hydrogen-bond donors (Lipinski definition) is 1. The Labute approximate surface area is 194 Å². The maximum Gasteiger partial charge on any atom is 0.278 e. The lowest BCUT2D eigenvalue weighted by Crippen LogP contribution is -2.34. The Kier molecular flexibility index (Phi) is 6.59. The number of aryl methyl sites for hydroxylation is 2. The van der Waals surface area contributed by atoms with Gasteiger partial charge in [-0.1, -0.05) is 54.1 Å². The summed E-state index contributed by atoms with van der Waals surface area (Å²) in [7, 11) is 0. The van der Waals surface area contributed by atoms with Crippen LogP contribution in [-0.4, -0.2) is 29.9 Å². The number of amides is 2. The van der Waals surface area contributed by atoms with Crippen LogP contribution in [-0.2, 0) is 16.0 Å². The zero-order chi connectivity index (χ0) is 23.4. The molecule has 0 aromatic heterocycles. The number of carbonyl (C=O) groups excluding carboxylic acids is 2. The number of benzene rings is 3. The minimum Gasteiger partial charge on any atom is -0.494 e. The van der Waals surface area contributed by atoms with Crippen molar-refractivity contribution in [2.24, 2.45) is 0 Å². The van der Waals surface area contributed by atoms with Gasteiger partial charge in [0, 0.05) is 12.2 Å². The molecule has 0 radical (unpaired) electrons. The van der Waals surface area contributed by atoms with Crippen LogP contribution in [0.2, 0.25) is 0 Å². The van der Waals surface area contributed by atoms with Gasteiger partial charge in [0.1, 0.15) is 11.4 Å². The van der Waals surface area contributed by atoms with E-state index in [1.165, 1.54) is 4.90 Å². The third-order valence-electron chi connectivity index (χ3n) is 5.72. The van der Waals surface area contributed by atoms with Gasteiger partial charge in [0.15, 0.2) is 0 Å². The first-order valence-electron chi connectivity index (χ1n) is 11.2. The molecule has 1 heterocycles. The molecule has 5 nitrogen and oxygen atoms in total. The van der Waals surface area contributed by atoms with Crippen molar-refractivity contribution >= 4 is 23.1 Å². The second-order valence-electron chi connectivity index (χ2n) is 8.15. The highest BCUT2D eigenvalue weighted by Gasteiger charge is 2.39. The van der Waals surface area contributed by atoms with E-state index in [0.29, 0.717) is 30.8 Å². The van der Waals surface area contributed by atoms with E-state index in [1.807, 2.05) is 93.6 Å². The molecule has 2 amide bonds. The van der Waals surface area contributed by atoms with E-state index in [4.69, 9.17) is 4.74 Å². The summed E-state index contributed by atoms with van der Waals surface area (Å²) in [5, 5.41) is 3.22.